The van der Waals surface area contributed by atoms with Crippen molar-refractivity contribution in [3.8, 4) is 0 Å². The third kappa shape index (κ3) is 5.78. The van der Waals surface area contributed by atoms with Crippen LogP contribution in [-0.2, 0) is 25.2 Å². The predicted molar refractivity (Wildman–Crippen MR) is 144 cm³/mol. The summed E-state index contributed by atoms with van der Waals surface area (Å²) < 4.78 is 38.0. The maximum atomic E-state index is 13.6. The fourth-order valence-electron chi connectivity index (χ4n) is 7.02. The van der Waals surface area contributed by atoms with Crippen molar-refractivity contribution in [3.63, 3.8) is 0 Å². The van der Waals surface area contributed by atoms with Crippen LogP contribution in [0, 0.1) is 23.1 Å². The number of nitrogens with zero attached hydrogens (tertiary/aromatic N) is 1. The second-order valence-corrected chi connectivity index (χ2v) is 13.5. The minimum Gasteiger partial charge on any atom is -0.444 e. The van der Waals surface area contributed by atoms with Gasteiger partial charge in [0.2, 0.25) is 0 Å². The van der Waals surface area contributed by atoms with E-state index in [1.54, 1.807) is 17.0 Å². The lowest BCUT2D eigenvalue weighted by molar-refractivity contribution is -0.199. The zero-order chi connectivity index (χ0) is 28.2. The van der Waals surface area contributed by atoms with Crippen molar-refractivity contribution in [1.82, 2.24) is 10.2 Å². The maximum absolute atomic E-state index is 13.6. The minimum absolute atomic E-state index is 0.0338. The number of carbonyl (C=O) groups excluding carboxylic acids is 2. The monoisotopic (exact) mass is 544 g/mol. The summed E-state index contributed by atoms with van der Waals surface area (Å²) in [6.45, 7) is 13.1. The van der Waals surface area contributed by atoms with Crippen LogP contribution in [0.1, 0.15) is 72.8 Å². The Morgan fingerprint density at radius 1 is 1.21 bits per heavy atom. The lowest BCUT2D eigenvalue weighted by Gasteiger charge is -2.64. The summed E-state index contributed by atoms with van der Waals surface area (Å²) in [6, 6.07) is 6.23. The van der Waals surface area contributed by atoms with Gasteiger partial charge in [0.15, 0.2) is 0 Å². The Balaban J connectivity index is 1.26. The Labute approximate surface area is 231 Å². The molecule has 6 atom stereocenters. The van der Waals surface area contributed by atoms with Gasteiger partial charge in [-0.1, -0.05) is 26.0 Å². The van der Waals surface area contributed by atoms with Gasteiger partial charge >= 0.3 is 19.3 Å². The number of hydrogen-bond donors (Lipinski definition) is 1. The Morgan fingerprint density at radius 3 is 2.59 bits per heavy atom. The van der Waals surface area contributed by atoms with Gasteiger partial charge in [0.05, 0.1) is 24.2 Å². The zero-order valence-electron chi connectivity index (χ0n) is 24.0. The summed E-state index contributed by atoms with van der Waals surface area (Å²) in [6.07, 6.45) is 2.36. The molecule has 1 aromatic carbocycles. The Hall–Kier alpha value is -2.33. The largest absolute Gasteiger partial charge is 0.482 e. The molecule has 0 radical (unpaired) electrons. The van der Waals surface area contributed by atoms with E-state index in [0.29, 0.717) is 37.6 Å². The van der Waals surface area contributed by atoms with Crippen LogP contribution >= 0.6 is 0 Å². The highest BCUT2D eigenvalue weighted by molar-refractivity contribution is 6.47. The fraction of sp³-hybridized carbons (Fsp3) is 0.724. The van der Waals surface area contributed by atoms with Crippen molar-refractivity contribution in [1.29, 1.82) is 0 Å². The summed E-state index contributed by atoms with van der Waals surface area (Å²) in [7, 11) is -0.655. The molecule has 1 N–H and O–H groups in total. The van der Waals surface area contributed by atoms with Crippen LogP contribution in [-0.4, -0.2) is 66.6 Å². The highest BCUT2D eigenvalue weighted by Crippen LogP contribution is 2.65. The van der Waals surface area contributed by atoms with E-state index in [9.17, 15) is 14.0 Å². The summed E-state index contributed by atoms with van der Waals surface area (Å²) in [5.41, 5.74) is 0.0314. The third-order valence-corrected chi connectivity index (χ3v) is 9.27. The molecule has 1 aromatic rings. The minimum atomic E-state index is -0.655. The number of piperidine rings is 1. The van der Waals surface area contributed by atoms with Gasteiger partial charge in [-0.15, -0.1) is 0 Å². The summed E-state index contributed by atoms with van der Waals surface area (Å²) >= 11 is 0. The average Bonchev–Trinajstić information content (AvgIpc) is 3.21. The Bertz CT molecular complexity index is 1080. The first-order valence-electron chi connectivity index (χ1n) is 14.3. The summed E-state index contributed by atoms with van der Waals surface area (Å²) in [5.74, 6) is 0.147. The average molecular weight is 544 g/mol. The van der Waals surface area contributed by atoms with Gasteiger partial charge in [-0.25, -0.2) is 14.0 Å². The number of rotatable bonds is 5. The number of ether oxygens (including phenoxy) is 2. The number of carbonyl (C=O) groups is 2. The molecule has 214 valence electrons. The topological polar surface area (TPSA) is 86.3 Å². The normalized spacial score (nSPS) is 32.1. The number of halogens is 1. The third-order valence-electron chi connectivity index (χ3n) is 9.27. The highest BCUT2D eigenvalue weighted by Gasteiger charge is 2.68. The molecule has 3 saturated carbocycles. The number of amides is 2. The molecule has 10 heteroatoms. The van der Waals surface area contributed by atoms with Gasteiger partial charge in [-0.05, 0) is 94.7 Å². The van der Waals surface area contributed by atoms with Gasteiger partial charge in [0, 0.05) is 6.54 Å². The van der Waals surface area contributed by atoms with Crippen molar-refractivity contribution < 1.29 is 32.8 Å². The van der Waals surface area contributed by atoms with Crippen molar-refractivity contribution in [2.45, 2.75) is 103 Å². The van der Waals surface area contributed by atoms with Crippen LogP contribution in [0.15, 0.2) is 24.3 Å². The van der Waals surface area contributed by atoms with Gasteiger partial charge in [0.25, 0.3) is 0 Å². The van der Waals surface area contributed by atoms with E-state index in [0.717, 1.165) is 18.4 Å². The predicted octanol–water partition coefficient (Wildman–Crippen LogP) is 5.13. The lowest BCUT2D eigenvalue weighted by Crippen LogP contribution is -2.65. The van der Waals surface area contributed by atoms with Gasteiger partial charge < -0.3 is 29.0 Å². The van der Waals surface area contributed by atoms with Crippen LogP contribution in [0.3, 0.4) is 0 Å². The van der Waals surface area contributed by atoms with E-state index in [-0.39, 0.29) is 23.9 Å². The number of benzene rings is 1. The Morgan fingerprint density at radius 2 is 1.92 bits per heavy atom. The molecule has 0 spiro atoms. The standard InChI is InChI=1S/C29H42BFN2O6/c1-27(2,3)37-26(35)33-13-7-8-21(17-33)36-25(34)32-24(14-18-9-11-20(31)12-10-18)30-38-23-16-19-15-22(28(19,4)5)29(23,6)39-30/h9-12,19,21-24H,7-8,13-17H2,1-6H3,(H,32,34)/t19-,21-,22-,23?,24-,29-/m0/s1. The molecule has 5 aliphatic rings. The van der Waals surface area contributed by atoms with Crippen LogP contribution in [0.2, 0.25) is 0 Å². The Kier molecular flexibility index (Phi) is 7.42. The molecule has 39 heavy (non-hydrogen) atoms. The number of nitrogens with one attached hydrogen (secondary N) is 1. The highest BCUT2D eigenvalue weighted by atomic mass is 19.1. The van der Waals surface area contributed by atoms with Crippen LogP contribution < -0.4 is 5.32 Å². The molecule has 2 saturated heterocycles. The molecule has 2 heterocycles. The van der Waals surface area contributed by atoms with E-state index < -0.39 is 42.6 Å². The van der Waals surface area contributed by atoms with E-state index in [1.807, 2.05) is 20.8 Å². The van der Waals surface area contributed by atoms with Crippen LogP contribution in [0.4, 0.5) is 14.0 Å². The lowest BCUT2D eigenvalue weighted by atomic mass is 9.43. The molecule has 2 amide bonds. The SMILES string of the molecule is CC(C)(C)OC(=O)N1CCC[C@H](OC(=O)N[C@@H](Cc2ccc(F)cc2)B2OC3C[C@@H]4C[C@@H](C4(C)C)[C@]3(C)O2)C1. The van der Waals surface area contributed by atoms with E-state index >= 15 is 0 Å². The zero-order valence-corrected chi connectivity index (χ0v) is 24.0. The van der Waals surface area contributed by atoms with Gasteiger partial charge in [-0.3, -0.25) is 0 Å². The molecule has 5 fully saturated rings. The van der Waals surface area contributed by atoms with Crippen molar-refractivity contribution in [2.24, 2.45) is 17.3 Å². The fourth-order valence-corrected chi connectivity index (χ4v) is 7.02. The molecule has 2 aliphatic heterocycles. The first-order chi connectivity index (χ1) is 18.2. The smallest absolute Gasteiger partial charge is 0.444 e. The van der Waals surface area contributed by atoms with Crippen LogP contribution in [0.25, 0.3) is 0 Å². The molecule has 3 aliphatic carbocycles. The van der Waals surface area contributed by atoms with Crippen molar-refractivity contribution >= 4 is 19.3 Å². The van der Waals surface area contributed by atoms with Gasteiger partial charge in [-0.2, -0.15) is 0 Å². The van der Waals surface area contributed by atoms with E-state index in [1.165, 1.54) is 12.1 Å². The van der Waals surface area contributed by atoms with E-state index in [4.69, 9.17) is 18.8 Å². The molecule has 8 nitrogen and oxygen atoms in total. The number of alkyl carbamates (subject to hydrolysis) is 1. The van der Waals surface area contributed by atoms with Crippen LogP contribution in [0.5, 0.6) is 0 Å². The second-order valence-electron chi connectivity index (χ2n) is 13.5. The summed E-state index contributed by atoms with van der Waals surface area (Å²) in [5, 5.41) is 2.99. The number of hydrogen-bond acceptors (Lipinski definition) is 6. The van der Waals surface area contributed by atoms with Crippen molar-refractivity contribution in [3.05, 3.63) is 35.6 Å². The van der Waals surface area contributed by atoms with Crippen molar-refractivity contribution in [2.75, 3.05) is 13.1 Å². The maximum Gasteiger partial charge on any atom is 0.482 e. The molecule has 2 bridgehead atoms. The second kappa shape index (κ2) is 10.3. The van der Waals surface area contributed by atoms with Gasteiger partial charge in [0.1, 0.15) is 17.5 Å². The molecule has 0 aromatic heterocycles. The number of likely N-dealkylation sites (tertiary alicyclic amines) is 1. The first kappa shape index (κ1) is 28.2. The molecular formula is C29H42BFN2O6. The quantitative estimate of drug-likeness (QED) is 0.518. The van der Waals surface area contributed by atoms with E-state index in [2.05, 4.69) is 26.1 Å². The molecule has 6 rings (SSSR count). The molecule has 1 unspecified atom stereocenters. The summed E-state index contributed by atoms with van der Waals surface area (Å²) in [4.78, 5) is 27.3. The molecular weight excluding hydrogens is 502 g/mol. The first-order valence-corrected chi connectivity index (χ1v) is 14.3.